The van der Waals surface area contributed by atoms with E-state index in [0.29, 0.717) is 0 Å². The Morgan fingerprint density at radius 3 is 1.46 bits per heavy atom. The van der Waals surface area contributed by atoms with Crippen LogP contribution in [0.5, 0.6) is 0 Å². The second-order valence-corrected chi connectivity index (χ2v) is 7.26. The van der Waals surface area contributed by atoms with E-state index in [1.165, 1.54) is 11.1 Å². The van der Waals surface area contributed by atoms with Crippen LogP contribution in [-0.4, -0.2) is 0 Å². The lowest BCUT2D eigenvalue weighted by Crippen LogP contribution is -2.30. The van der Waals surface area contributed by atoms with E-state index in [9.17, 15) is 0 Å². The normalized spacial score (nSPS) is 19.4. The van der Waals surface area contributed by atoms with E-state index in [4.69, 9.17) is 19.5 Å². The van der Waals surface area contributed by atoms with Crippen molar-refractivity contribution in [3.63, 3.8) is 0 Å². The molecule has 0 aromatic heterocycles. The zero-order valence-electron chi connectivity index (χ0n) is 15.8. The minimum absolute atomic E-state index is 0.330. The van der Waals surface area contributed by atoms with Crippen molar-refractivity contribution in [2.75, 3.05) is 0 Å². The fourth-order valence-electron chi connectivity index (χ4n) is 3.49. The molecule has 0 radical (unpaired) electrons. The summed E-state index contributed by atoms with van der Waals surface area (Å²) in [5.41, 5.74) is 4.40. The lowest BCUT2D eigenvalue weighted by atomic mass is 10.1. The largest absolute Gasteiger partial charge is 0.471 e. The summed E-state index contributed by atoms with van der Waals surface area (Å²) in [5, 5.41) is 3.95. The molecule has 0 amide bonds. The van der Waals surface area contributed by atoms with Crippen LogP contribution in [0.3, 0.4) is 0 Å². The first kappa shape index (κ1) is 16.8. The third-order valence-electron chi connectivity index (χ3n) is 5.03. The Bertz CT molecular complexity index is 1190. The molecule has 0 saturated carbocycles. The van der Waals surface area contributed by atoms with Crippen molar-refractivity contribution in [1.82, 2.24) is 0 Å². The van der Waals surface area contributed by atoms with Gasteiger partial charge in [-0.1, -0.05) is 47.5 Å². The number of aryl methyl sites for hydroxylation is 2. The predicted molar refractivity (Wildman–Crippen MR) is 107 cm³/mol. The lowest BCUT2D eigenvalue weighted by molar-refractivity contribution is 0.178. The minimum atomic E-state index is -0.330. The fourth-order valence-corrected chi connectivity index (χ4v) is 3.49. The van der Waals surface area contributed by atoms with Gasteiger partial charge in [-0.2, -0.15) is 0 Å². The van der Waals surface area contributed by atoms with Crippen LogP contribution < -0.4 is 21.2 Å². The summed E-state index contributed by atoms with van der Waals surface area (Å²) >= 11 is 0. The molecule has 4 heteroatoms. The van der Waals surface area contributed by atoms with E-state index in [-0.39, 0.29) is 12.5 Å². The minimum Gasteiger partial charge on any atom is -0.471 e. The smallest absolute Gasteiger partial charge is 0.215 e. The van der Waals surface area contributed by atoms with Crippen LogP contribution in [0.2, 0.25) is 0 Å². The number of nitrogens with zero attached hydrogens (tertiary/aromatic N) is 2. The second-order valence-electron chi connectivity index (χ2n) is 7.26. The third-order valence-corrected chi connectivity index (χ3v) is 5.03. The molecule has 3 aromatic rings. The molecule has 0 bridgehead atoms. The van der Waals surface area contributed by atoms with Gasteiger partial charge in [0.1, 0.15) is 0 Å². The molecule has 4 nitrogen and oxygen atoms in total. The fraction of sp³-hybridized carbons (Fsp3) is 0.167. The average molecular weight is 368 g/mol. The maximum atomic E-state index is 5.84. The number of fused-ring (bicyclic) bond motifs is 2. The van der Waals surface area contributed by atoms with E-state index >= 15 is 0 Å². The number of rotatable bonds is 2. The Hall–Kier alpha value is -3.40. The summed E-state index contributed by atoms with van der Waals surface area (Å²) in [6.45, 7) is 4.13. The molecule has 2 aliphatic heterocycles. The molecule has 2 heterocycles. The van der Waals surface area contributed by atoms with Crippen molar-refractivity contribution < 1.29 is 9.47 Å². The molecule has 5 rings (SSSR count). The zero-order chi connectivity index (χ0) is 19.1. The van der Waals surface area contributed by atoms with Crippen molar-refractivity contribution in [3.8, 4) is 0 Å². The highest BCUT2D eigenvalue weighted by molar-refractivity contribution is 5.31. The first-order valence-corrected chi connectivity index (χ1v) is 9.36. The highest BCUT2D eigenvalue weighted by Crippen LogP contribution is 2.25. The Labute approximate surface area is 162 Å². The van der Waals surface area contributed by atoms with Gasteiger partial charge in [0.15, 0.2) is 0 Å². The Morgan fingerprint density at radius 1 is 0.607 bits per heavy atom. The summed E-state index contributed by atoms with van der Waals surface area (Å²) in [4.78, 5) is 9.45. The van der Waals surface area contributed by atoms with Gasteiger partial charge in [0.2, 0.25) is 12.5 Å². The monoisotopic (exact) mass is 368 g/mol. The Kier molecular flexibility index (Phi) is 3.97. The van der Waals surface area contributed by atoms with Gasteiger partial charge in [-0.05, 0) is 38.1 Å². The van der Waals surface area contributed by atoms with E-state index in [1.54, 1.807) is 12.5 Å². The summed E-state index contributed by atoms with van der Waals surface area (Å²) in [6.07, 6.45) is 2.93. The first-order chi connectivity index (χ1) is 13.7. The SMILES string of the molecule is Cc1ccc2c(c1)=COC(c1ccc(C3N=c4ccc(C)cc4=CO3)cc1)N=2. The second kappa shape index (κ2) is 6.64. The standard InChI is InChI=1S/C24H20N2O2/c1-15-3-9-21-19(11-15)13-27-23(25-21)17-5-7-18(8-6-17)24-26-22-10-4-16(2)12-20(22)14-28-24/h3-14,23-24H,1-2H3. The van der Waals surface area contributed by atoms with Crippen molar-refractivity contribution in [1.29, 1.82) is 0 Å². The first-order valence-electron chi connectivity index (χ1n) is 9.36. The molecular formula is C24H20N2O2. The summed E-state index contributed by atoms with van der Waals surface area (Å²) < 4.78 is 11.7. The molecule has 0 saturated heterocycles. The number of ether oxygens (including phenoxy) is 2. The quantitative estimate of drug-likeness (QED) is 0.698. The molecule has 2 unspecified atom stereocenters. The van der Waals surface area contributed by atoms with Crippen LogP contribution in [0.25, 0.3) is 12.5 Å². The average Bonchev–Trinajstić information content (AvgIpc) is 2.73. The maximum absolute atomic E-state index is 5.84. The highest BCUT2D eigenvalue weighted by atomic mass is 16.5. The van der Waals surface area contributed by atoms with Crippen LogP contribution >= 0.6 is 0 Å². The summed E-state index contributed by atoms with van der Waals surface area (Å²) in [6, 6.07) is 20.5. The summed E-state index contributed by atoms with van der Waals surface area (Å²) in [7, 11) is 0. The molecule has 2 atom stereocenters. The number of hydrogen-bond acceptors (Lipinski definition) is 4. The van der Waals surface area contributed by atoms with Crippen molar-refractivity contribution in [2.45, 2.75) is 26.3 Å². The third kappa shape index (κ3) is 3.07. The molecule has 28 heavy (non-hydrogen) atoms. The zero-order valence-corrected chi connectivity index (χ0v) is 15.8. The summed E-state index contributed by atoms with van der Waals surface area (Å²) in [5.74, 6) is 0. The van der Waals surface area contributed by atoms with Gasteiger partial charge >= 0.3 is 0 Å². The van der Waals surface area contributed by atoms with E-state index in [2.05, 4.69) is 38.1 Å². The topological polar surface area (TPSA) is 43.2 Å². The van der Waals surface area contributed by atoms with E-state index in [0.717, 1.165) is 32.3 Å². The van der Waals surface area contributed by atoms with Gasteiger partial charge in [-0.3, -0.25) is 0 Å². The van der Waals surface area contributed by atoms with Gasteiger partial charge in [0.05, 0.1) is 23.2 Å². The molecule has 3 aromatic carbocycles. The van der Waals surface area contributed by atoms with Crippen molar-refractivity contribution in [3.05, 3.63) is 104 Å². The Balaban J connectivity index is 1.42. The highest BCUT2D eigenvalue weighted by Gasteiger charge is 2.16. The molecule has 2 aliphatic rings. The molecule has 0 N–H and O–H groups in total. The van der Waals surface area contributed by atoms with E-state index in [1.807, 2.05) is 36.4 Å². The van der Waals surface area contributed by atoms with Crippen LogP contribution in [-0.2, 0) is 9.47 Å². The molecule has 0 aliphatic carbocycles. The number of benzene rings is 3. The van der Waals surface area contributed by atoms with Crippen LogP contribution in [0.15, 0.2) is 70.6 Å². The molecule has 0 spiro atoms. The van der Waals surface area contributed by atoms with E-state index < -0.39 is 0 Å². The van der Waals surface area contributed by atoms with Gasteiger partial charge in [-0.15, -0.1) is 0 Å². The van der Waals surface area contributed by atoms with Crippen LogP contribution in [0.4, 0.5) is 0 Å². The van der Waals surface area contributed by atoms with Crippen molar-refractivity contribution in [2.24, 2.45) is 9.98 Å². The van der Waals surface area contributed by atoms with Crippen LogP contribution in [0.1, 0.15) is 34.7 Å². The lowest BCUT2D eigenvalue weighted by Gasteiger charge is -2.18. The van der Waals surface area contributed by atoms with Crippen LogP contribution in [0, 0.1) is 13.8 Å². The van der Waals surface area contributed by atoms with Gasteiger partial charge < -0.3 is 9.47 Å². The van der Waals surface area contributed by atoms with Crippen molar-refractivity contribution >= 4 is 12.5 Å². The Morgan fingerprint density at radius 2 is 1.04 bits per heavy atom. The van der Waals surface area contributed by atoms with Gasteiger partial charge in [-0.25, -0.2) is 9.98 Å². The molecular weight excluding hydrogens is 348 g/mol. The maximum Gasteiger partial charge on any atom is 0.215 e. The van der Waals surface area contributed by atoms with Gasteiger partial charge in [0.25, 0.3) is 0 Å². The molecule has 0 fully saturated rings. The predicted octanol–water partition coefficient (Wildman–Crippen LogP) is 2.48. The molecule has 138 valence electrons. The van der Waals surface area contributed by atoms with Gasteiger partial charge in [0, 0.05) is 21.6 Å². The number of hydrogen-bond donors (Lipinski definition) is 0.